The van der Waals surface area contributed by atoms with Crippen molar-refractivity contribution in [1.29, 1.82) is 0 Å². The van der Waals surface area contributed by atoms with Crippen molar-refractivity contribution in [2.45, 2.75) is 39.0 Å². The molecule has 7 heteroatoms. The first-order valence-electron chi connectivity index (χ1n) is 8.36. The summed E-state index contributed by atoms with van der Waals surface area (Å²) in [5, 5.41) is 13.9. The summed E-state index contributed by atoms with van der Waals surface area (Å²) in [5.41, 5.74) is 1.09. The van der Waals surface area contributed by atoms with Gasteiger partial charge in [0.25, 0.3) is 0 Å². The smallest absolute Gasteiger partial charge is 0.311 e. The summed E-state index contributed by atoms with van der Waals surface area (Å²) in [7, 11) is 1.38. The number of hydrogen-bond acceptors (Lipinski definition) is 5. The van der Waals surface area contributed by atoms with E-state index in [0.29, 0.717) is 17.8 Å². The monoisotopic (exact) mass is 335 g/mol. The van der Waals surface area contributed by atoms with E-state index in [1.165, 1.54) is 38.5 Å². The van der Waals surface area contributed by atoms with Gasteiger partial charge in [0, 0.05) is 17.8 Å². The van der Waals surface area contributed by atoms with Crippen LogP contribution in [-0.4, -0.2) is 42.5 Å². The van der Waals surface area contributed by atoms with Crippen LogP contribution < -0.4 is 10.1 Å². The third-order valence-corrected chi connectivity index (χ3v) is 4.31. The van der Waals surface area contributed by atoms with Crippen LogP contribution in [0.4, 0.5) is 11.4 Å². The van der Waals surface area contributed by atoms with Gasteiger partial charge in [0.05, 0.1) is 18.6 Å². The van der Waals surface area contributed by atoms with Gasteiger partial charge < -0.3 is 10.1 Å². The molecular formula is C17H25N3O4. The minimum absolute atomic E-state index is 0.100. The van der Waals surface area contributed by atoms with Crippen molar-refractivity contribution in [3.05, 3.63) is 27.8 Å². The highest BCUT2D eigenvalue weighted by molar-refractivity contribution is 5.93. The van der Waals surface area contributed by atoms with Gasteiger partial charge in [0.2, 0.25) is 5.91 Å². The number of carbonyl (C=O) groups excluding carboxylic acids is 1. The van der Waals surface area contributed by atoms with Gasteiger partial charge in [-0.15, -0.1) is 0 Å². The molecule has 0 aromatic heterocycles. The number of nitro benzene ring substituents is 1. The van der Waals surface area contributed by atoms with E-state index in [1.807, 2.05) is 0 Å². The van der Waals surface area contributed by atoms with Gasteiger partial charge >= 0.3 is 5.69 Å². The zero-order valence-corrected chi connectivity index (χ0v) is 14.3. The number of benzene rings is 1. The Labute approximate surface area is 142 Å². The summed E-state index contributed by atoms with van der Waals surface area (Å²) >= 11 is 0. The number of hydrogen-bond donors (Lipinski definition) is 1. The minimum Gasteiger partial charge on any atom is -0.490 e. The molecule has 0 saturated carbocycles. The van der Waals surface area contributed by atoms with E-state index in [-0.39, 0.29) is 17.3 Å². The van der Waals surface area contributed by atoms with Crippen LogP contribution in [0.3, 0.4) is 0 Å². The molecule has 0 radical (unpaired) electrons. The van der Waals surface area contributed by atoms with Gasteiger partial charge in [-0.25, -0.2) is 0 Å². The van der Waals surface area contributed by atoms with Gasteiger partial charge in [-0.2, -0.15) is 0 Å². The molecule has 1 N–H and O–H groups in total. The maximum absolute atomic E-state index is 12.3. The van der Waals surface area contributed by atoms with Crippen LogP contribution >= 0.6 is 0 Å². The standard InChI is InChI=1S/C17H25N3O4/c1-13-10-15(20(22)23)16(24-2)11-14(13)18-17(21)12-19-8-6-4-3-5-7-9-19/h10-11H,3-9,12H2,1-2H3,(H,18,21). The average Bonchev–Trinajstić information content (AvgIpc) is 2.51. The Hall–Kier alpha value is -2.15. The predicted octanol–water partition coefficient (Wildman–Crippen LogP) is 3.12. The number of likely N-dealkylation sites (tertiary alicyclic amines) is 1. The van der Waals surface area contributed by atoms with Crippen LogP contribution in [0.2, 0.25) is 0 Å². The molecule has 0 spiro atoms. The maximum atomic E-state index is 12.3. The minimum atomic E-state index is -0.488. The molecule has 0 atom stereocenters. The summed E-state index contributed by atoms with van der Waals surface area (Å²) in [6, 6.07) is 2.93. The van der Waals surface area contributed by atoms with Gasteiger partial charge in [-0.1, -0.05) is 19.3 Å². The van der Waals surface area contributed by atoms with E-state index in [9.17, 15) is 14.9 Å². The summed E-state index contributed by atoms with van der Waals surface area (Å²) in [4.78, 5) is 25.0. The topological polar surface area (TPSA) is 84.7 Å². The molecule has 1 saturated heterocycles. The van der Waals surface area contributed by atoms with Crippen molar-refractivity contribution >= 4 is 17.3 Å². The fourth-order valence-corrected chi connectivity index (χ4v) is 2.98. The lowest BCUT2D eigenvalue weighted by molar-refractivity contribution is -0.385. The molecule has 2 rings (SSSR count). The van der Waals surface area contributed by atoms with Crippen LogP contribution in [0, 0.1) is 17.0 Å². The Balaban J connectivity index is 2.03. The van der Waals surface area contributed by atoms with Crippen molar-refractivity contribution in [1.82, 2.24) is 4.90 Å². The van der Waals surface area contributed by atoms with Gasteiger partial charge in [-0.3, -0.25) is 19.8 Å². The molecule has 0 bridgehead atoms. The number of carbonyl (C=O) groups is 1. The normalized spacial score (nSPS) is 16.1. The van der Waals surface area contributed by atoms with Gasteiger partial charge in [0.1, 0.15) is 0 Å². The van der Waals surface area contributed by atoms with Crippen LogP contribution in [0.5, 0.6) is 5.75 Å². The lowest BCUT2D eigenvalue weighted by Crippen LogP contribution is -2.35. The molecule has 1 aromatic carbocycles. The fourth-order valence-electron chi connectivity index (χ4n) is 2.98. The second-order valence-corrected chi connectivity index (χ2v) is 6.19. The highest BCUT2D eigenvalue weighted by atomic mass is 16.6. The van der Waals surface area contributed by atoms with Crippen molar-refractivity contribution < 1.29 is 14.5 Å². The Morgan fingerprint density at radius 1 is 1.25 bits per heavy atom. The van der Waals surface area contributed by atoms with Crippen molar-refractivity contribution in [3.63, 3.8) is 0 Å². The van der Waals surface area contributed by atoms with Crippen LogP contribution in [0.1, 0.15) is 37.7 Å². The third kappa shape index (κ3) is 4.92. The number of methoxy groups -OCH3 is 1. The van der Waals surface area contributed by atoms with E-state index in [1.54, 1.807) is 6.92 Å². The molecule has 132 valence electrons. The van der Waals surface area contributed by atoms with E-state index in [2.05, 4.69) is 10.2 Å². The molecule has 1 aliphatic heterocycles. The molecule has 1 fully saturated rings. The molecule has 1 heterocycles. The first-order chi connectivity index (χ1) is 11.5. The number of nitrogens with one attached hydrogen (secondary N) is 1. The van der Waals surface area contributed by atoms with E-state index in [4.69, 9.17) is 4.74 Å². The summed E-state index contributed by atoms with van der Waals surface area (Å²) < 4.78 is 5.06. The van der Waals surface area contributed by atoms with Crippen molar-refractivity contribution in [2.24, 2.45) is 0 Å². The second-order valence-electron chi connectivity index (χ2n) is 6.19. The van der Waals surface area contributed by atoms with E-state index in [0.717, 1.165) is 25.9 Å². The zero-order chi connectivity index (χ0) is 17.5. The Kier molecular flexibility index (Phi) is 6.54. The van der Waals surface area contributed by atoms with Crippen LogP contribution in [0.15, 0.2) is 12.1 Å². The first kappa shape index (κ1) is 18.2. The molecule has 0 unspecified atom stereocenters. The molecule has 1 aromatic rings. The fraction of sp³-hybridized carbons (Fsp3) is 0.588. The Bertz CT molecular complexity index is 596. The summed E-state index contributed by atoms with van der Waals surface area (Å²) in [6.07, 6.45) is 5.96. The molecule has 24 heavy (non-hydrogen) atoms. The lowest BCUT2D eigenvalue weighted by Gasteiger charge is -2.24. The molecule has 1 aliphatic rings. The quantitative estimate of drug-likeness (QED) is 0.660. The molecular weight excluding hydrogens is 310 g/mol. The molecule has 0 aliphatic carbocycles. The van der Waals surface area contributed by atoms with Crippen LogP contribution in [0.25, 0.3) is 0 Å². The zero-order valence-electron chi connectivity index (χ0n) is 14.3. The number of ether oxygens (including phenoxy) is 1. The van der Waals surface area contributed by atoms with E-state index < -0.39 is 4.92 Å². The number of rotatable bonds is 5. The summed E-state index contributed by atoms with van der Waals surface area (Å²) in [5.74, 6) is 0.0433. The molecule has 1 amide bonds. The van der Waals surface area contributed by atoms with Gasteiger partial charge in [0.15, 0.2) is 5.75 Å². The van der Waals surface area contributed by atoms with E-state index >= 15 is 0 Å². The number of anilines is 1. The number of nitro groups is 1. The second kappa shape index (κ2) is 8.63. The third-order valence-electron chi connectivity index (χ3n) is 4.31. The SMILES string of the molecule is COc1cc(NC(=O)CN2CCCCCCC2)c(C)cc1[N+](=O)[O-]. The Morgan fingerprint density at radius 3 is 2.46 bits per heavy atom. The average molecular weight is 335 g/mol. The number of aryl methyl sites for hydroxylation is 1. The lowest BCUT2D eigenvalue weighted by atomic mass is 10.1. The predicted molar refractivity (Wildman–Crippen MR) is 92.5 cm³/mol. The largest absolute Gasteiger partial charge is 0.490 e. The van der Waals surface area contributed by atoms with Gasteiger partial charge in [-0.05, 0) is 38.4 Å². The maximum Gasteiger partial charge on any atom is 0.311 e. The number of amides is 1. The molecule has 7 nitrogen and oxygen atoms in total. The Morgan fingerprint density at radius 2 is 1.88 bits per heavy atom. The highest BCUT2D eigenvalue weighted by Gasteiger charge is 2.19. The first-order valence-corrected chi connectivity index (χ1v) is 8.36. The van der Waals surface area contributed by atoms with Crippen molar-refractivity contribution in [2.75, 3.05) is 32.1 Å². The number of nitrogens with zero attached hydrogens (tertiary/aromatic N) is 2. The van der Waals surface area contributed by atoms with Crippen LogP contribution in [-0.2, 0) is 4.79 Å². The summed E-state index contributed by atoms with van der Waals surface area (Å²) in [6.45, 7) is 3.96. The highest BCUT2D eigenvalue weighted by Crippen LogP contribution is 2.32. The van der Waals surface area contributed by atoms with Crippen molar-refractivity contribution in [3.8, 4) is 5.75 Å².